The zero-order valence-electron chi connectivity index (χ0n) is 12.0. The van der Waals surface area contributed by atoms with E-state index in [1.807, 2.05) is 0 Å². The Morgan fingerprint density at radius 3 is 2.61 bits per heavy atom. The van der Waals surface area contributed by atoms with E-state index in [1.54, 1.807) is 24.3 Å². The molecule has 7 nitrogen and oxygen atoms in total. The Labute approximate surface area is 136 Å². The van der Waals surface area contributed by atoms with Crippen molar-refractivity contribution in [3.8, 4) is 0 Å². The Bertz CT molecular complexity index is 723. The number of carboxylic acid groups (broad SMARTS) is 2. The van der Waals surface area contributed by atoms with Crippen molar-refractivity contribution in [1.29, 1.82) is 0 Å². The van der Waals surface area contributed by atoms with Gasteiger partial charge in [-0.3, -0.25) is 9.78 Å². The van der Waals surface area contributed by atoms with Gasteiger partial charge in [0.15, 0.2) is 0 Å². The molecule has 0 amide bonds. The highest BCUT2D eigenvalue weighted by atomic mass is 32.2. The second-order valence-corrected chi connectivity index (χ2v) is 5.68. The standard InChI is InChI=1S/C15H15N3O4S/c16-12(15(21)22)7-9-3-1-4-10(18-9)8-23-13-11(14(19)20)5-2-6-17-13/h1-6,12H,7-8,16H2,(H,19,20)(H,21,22). The number of carboxylic acids is 2. The summed E-state index contributed by atoms with van der Waals surface area (Å²) in [5.41, 5.74) is 6.92. The van der Waals surface area contributed by atoms with Gasteiger partial charge >= 0.3 is 11.9 Å². The van der Waals surface area contributed by atoms with E-state index < -0.39 is 18.0 Å². The van der Waals surface area contributed by atoms with Crippen molar-refractivity contribution in [2.45, 2.75) is 23.2 Å². The number of nitrogens with two attached hydrogens (primary N) is 1. The average Bonchev–Trinajstić information content (AvgIpc) is 2.53. The van der Waals surface area contributed by atoms with Gasteiger partial charge in [-0.1, -0.05) is 17.8 Å². The maximum absolute atomic E-state index is 11.1. The lowest BCUT2D eigenvalue weighted by molar-refractivity contribution is -0.138. The molecule has 0 saturated heterocycles. The van der Waals surface area contributed by atoms with Crippen LogP contribution in [0.4, 0.5) is 0 Å². The van der Waals surface area contributed by atoms with Crippen molar-refractivity contribution in [2.24, 2.45) is 5.73 Å². The van der Waals surface area contributed by atoms with Gasteiger partial charge in [-0.2, -0.15) is 0 Å². The first kappa shape index (κ1) is 16.9. The van der Waals surface area contributed by atoms with Gasteiger partial charge in [-0.15, -0.1) is 0 Å². The summed E-state index contributed by atoms with van der Waals surface area (Å²) < 4.78 is 0. The first-order valence-electron chi connectivity index (χ1n) is 6.71. The Morgan fingerprint density at radius 2 is 1.91 bits per heavy atom. The smallest absolute Gasteiger partial charge is 0.338 e. The van der Waals surface area contributed by atoms with Crippen molar-refractivity contribution >= 4 is 23.7 Å². The van der Waals surface area contributed by atoms with Crippen LogP contribution in [-0.2, 0) is 17.0 Å². The average molecular weight is 333 g/mol. The molecule has 0 aliphatic heterocycles. The molecule has 120 valence electrons. The molecule has 0 aromatic carbocycles. The summed E-state index contributed by atoms with van der Waals surface area (Å²) >= 11 is 1.26. The molecule has 0 radical (unpaired) electrons. The molecule has 1 atom stereocenters. The van der Waals surface area contributed by atoms with Gasteiger partial charge in [-0.05, 0) is 24.3 Å². The summed E-state index contributed by atoms with van der Waals surface area (Å²) in [6, 6.07) is 7.32. The van der Waals surface area contributed by atoms with Gasteiger partial charge < -0.3 is 15.9 Å². The van der Waals surface area contributed by atoms with Crippen LogP contribution in [0.5, 0.6) is 0 Å². The summed E-state index contributed by atoms with van der Waals surface area (Å²) in [7, 11) is 0. The molecule has 2 aromatic heterocycles. The van der Waals surface area contributed by atoms with Crippen molar-refractivity contribution in [3.05, 3.63) is 53.5 Å². The van der Waals surface area contributed by atoms with Gasteiger partial charge in [0.25, 0.3) is 0 Å². The number of thioether (sulfide) groups is 1. The third kappa shape index (κ3) is 4.76. The number of carbonyl (C=O) groups is 2. The lowest BCUT2D eigenvalue weighted by Gasteiger charge is -2.08. The second-order valence-electron chi connectivity index (χ2n) is 4.72. The van der Waals surface area contributed by atoms with Crippen LogP contribution < -0.4 is 5.73 Å². The van der Waals surface area contributed by atoms with E-state index in [2.05, 4.69) is 9.97 Å². The van der Waals surface area contributed by atoms with Crippen molar-refractivity contribution in [3.63, 3.8) is 0 Å². The Hall–Kier alpha value is -2.45. The molecule has 4 N–H and O–H groups in total. The monoisotopic (exact) mass is 333 g/mol. The normalized spacial score (nSPS) is 11.9. The van der Waals surface area contributed by atoms with E-state index >= 15 is 0 Å². The van der Waals surface area contributed by atoms with Crippen LogP contribution in [0.25, 0.3) is 0 Å². The molecule has 0 fully saturated rings. The topological polar surface area (TPSA) is 126 Å². The molecular formula is C15H15N3O4S. The van der Waals surface area contributed by atoms with Gasteiger partial charge in [0, 0.05) is 24.1 Å². The van der Waals surface area contributed by atoms with Crippen LogP contribution in [0.2, 0.25) is 0 Å². The number of pyridine rings is 2. The lowest BCUT2D eigenvalue weighted by Crippen LogP contribution is -2.32. The van der Waals surface area contributed by atoms with Crippen LogP contribution in [0.3, 0.4) is 0 Å². The molecule has 2 heterocycles. The summed E-state index contributed by atoms with van der Waals surface area (Å²) in [6.45, 7) is 0. The first-order chi connectivity index (χ1) is 11.0. The molecule has 23 heavy (non-hydrogen) atoms. The van der Waals surface area contributed by atoms with Gasteiger partial charge in [0.05, 0.1) is 11.3 Å². The van der Waals surface area contributed by atoms with Crippen molar-refractivity contribution in [1.82, 2.24) is 9.97 Å². The summed E-state index contributed by atoms with van der Waals surface area (Å²) in [5, 5.41) is 18.4. The molecule has 0 spiro atoms. The molecular weight excluding hydrogens is 318 g/mol. The van der Waals surface area contributed by atoms with Crippen LogP contribution >= 0.6 is 11.8 Å². The molecule has 0 saturated carbocycles. The maximum Gasteiger partial charge on any atom is 0.338 e. The molecule has 0 aliphatic carbocycles. The molecule has 1 unspecified atom stereocenters. The Balaban J connectivity index is 2.07. The van der Waals surface area contributed by atoms with E-state index in [4.69, 9.17) is 15.9 Å². The fourth-order valence-corrected chi connectivity index (χ4v) is 2.74. The highest BCUT2D eigenvalue weighted by Crippen LogP contribution is 2.23. The summed E-state index contributed by atoms with van der Waals surface area (Å²) in [4.78, 5) is 30.3. The zero-order valence-corrected chi connectivity index (χ0v) is 12.9. The molecule has 0 aliphatic rings. The third-order valence-electron chi connectivity index (χ3n) is 2.97. The van der Waals surface area contributed by atoms with Crippen LogP contribution in [0.15, 0.2) is 41.6 Å². The van der Waals surface area contributed by atoms with Gasteiger partial charge in [0.1, 0.15) is 11.1 Å². The highest BCUT2D eigenvalue weighted by molar-refractivity contribution is 7.98. The minimum Gasteiger partial charge on any atom is -0.480 e. The number of aromatic nitrogens is 2. The molecule has 2 aromatic rings. The fraction of sp³-hybridized carbons (Fsp3) is 0.200. The number of rotatable bonds is 7. The molecule has 0 bridgehead atoms. The van der Waals surface area contributed by atoms with Crippen LogP contribution in [-0.4, -0.2) is 38.2 Å². The van der Waals surface area contributed by atoms with E-state index in [9.17, 15) is 9.59 Å². The minimum atomic E-state index is -1.08. The predicted molar refractivity (Wildman–Crippen MR) is 84.3 cm³/mol. The van der Waals surface area contributed by atoms with Crippen molar-refractivity contribution < 1.29 is 19.8 Å². The van der Waals surface area contributed by atoms with E-state index in [0.29, 0.717) is 22.2 Å². The van der Waals surface area contributed by atoms with E-state index in [-0.39, 0.29) is 12.0 Å². The van der Waals surface area contributed by atoms with Crippen molar-refractivity contribution in [2.75, 3.05) is 0 Å². The zero-order chi connectivity index (χ0) is 16.8. The SMILES string of the molecule is NC(Cc1cccc(CSc2ncccc2C(=O)O)n1)C(=O)O. The number of aliphatic carboxylic acids is 1. The quantitative estimate of drug-likeness (QED) is 0.649. The first-order valence-corrected chi connectivity index (χ1v) is 7.70. The maximum atomic E-state index is 11.1. The molecule has 8 heteroatoms. The Kier molecular flexibility index (Phi) is 5.67. The van der Waals surface area contributed by atoms with E-state index in [1.165, 1.54) is 24.0 Å². The summed E-state index contributed by atoms with van der Waals surface area (Å²) in [5.74, 6) is -1.69. The van der Waals surface area contributed by atoms with Gasteiger partial charge in [-0.25, -0.2) is 9.78 Å². The largest absolute Gasteiger partial charge is 0.480 e. The highest BCUT2D eigenvalue weighted by Gasteiger charge is 2.14. The predicted octanol–water partition coefficient (Wildman–Crippen LogP) is 1.42. The minimum absolute atomic E-state index is 0.137. The third-order valence-corrected chi connectivity index (χ3v) is 4.01. The van der Waals surface area contributed by atoms with E-state index in [0.717, 1.165) is 0 Å². The Morgan fingerprint density at radius 1 is 1.17 bits per heavy atom. The number of aromatic carboxylic acids is 1. The van der Waals surface area contributed by atoms with Gasteiger partial charge in [0.2, 0.25) is 0 Å². The summed E-state index contributed by atoms with van der Waals surface area (Å²) in [6.07, 6.45) is 1.67. The lowest BCUT2D eigenvalue weighted by atomic mass is 10.1. The van der Waals surface area contributed by atoms with Crippen LogP contribution in [0, 0.1) is 0 Å². The number of hydrogen-bond acceptors (Lipinski definition) is 6. The number of hydrogen-bond donors (Lipinski definition) is 3. The fourth-order valence-electron chi connectivity index (χ4n) is 1.85. The number of nitrogens with zero attached hydrogens (tertiary/aromatic N) is 2. The second kappa shape index (κ2) is 7.70. The molecule has 2 rings (SSSR count). The van der Waals surface area contributed by atoms with Crippen LogP contribution in [0.1, 0.15) is 21.7 Å².